The van der Waals surface area contributed by atoms with Crippen molar-refractivity contribution in [1.29, 1.82) is 0 Å². The lowest BCUT2D eigenvalue weighted by Crippen LogP contribution is -2.35. The van der Waals surface area contributed by atoms with Gasteiger partial charge in [-0.25, -0.2) is 0 Å². The van der Waals surface area contributed by atoms with Crippen LogP contribution in [0.5, 0.6) is 0 Å². The lowest BCUT2D eigenvalue weighted by Gasteiger charge is -2.20. The number of likely N-dealkylation sites (N-methyl/N-ethyl adjacent to an activating group) is 1. The topological polar surface area (TPSA) is 40.5 Å². The lowest BCUT2D eigenvalue weighted by atomic mass is 10.1. The van der Waals surface area contributed by atoms with Crippen LogP contribution >= 0.6 is 11.3 Å². The summed E-state index contributed by atoms with van der Waals surface area (Å²) in [4.78, 5) is 15.0. The molecule has 1 fully saturated rings. The van der Waals surface area contributed by atoms with Crippen LogP contribution < -0.4 is 0 Å². The molecule has 1 amide bonds. The van der Waals surface area contributed by atoms with Gasteiger partial charge in [0, 0.05) is 24.9 Å². The number of thiophene rings is 1. The van der Waals surface area contributed by atoms with Gasteiger partial charge in [-0.15, -0.1) is 11.3 Å². The van der Waals surface area contributed by atoms with Crippen LogP contribution in [0, 0.1) is 12.8 Å². The summed E-state index contributed by atoms with van der Waals surface area (Å²) >= 11 is 1.77. The third-order valence-corrected chi connectivity index (χ3v) is 4.90. The van der Waals surface area contributed by atoms with Crippen molar-refractivity contribution in [3.63, 3.8) is 0 Å². The number of aliphatic hydroxyl groups is 1. The largest absolute Gasteiger partial charge is 0.391 e. The summed E-state index contributed by atoms with van der Waals surface area (Å²) in [7, 11) is 1.80. The van der Waals surface area contributed by atoms with Crippen LogP contribution in [-0.4, -0.2) is 35.6 Å². The molecule has 106 valence electrons. The highest BCUT2D eigenvalue weighted by molar-refractivity contribution is 7.10. The summed E-state index contributed by atoms with van der Waals surface area (Å²) in [6, 6.07) is 2.12. The molecule has 0 bridgehead atoms. The number of aryl methyl sites for hydroxylation is 2. The minimum atomic E-state index is -0.325. The molecule has 0 aromatic carbocycles. The number of hydrogen-bond acceptors (Lipinski definition) is 3. The highest BCUT2D eigenvalue weighted by Gasteiger charge is 2.30. The van der Waals surface area contributed by atoms with Gasteiger partial charge in [0.1, 0.15) is 0 Å². The molecule has 0 radical (unpaired) electrons. The Bertz CT molecular complexity index is 426. The Morgan fingerprint density at radius 1 is 1.58 bits per heavy atom. The smallest absolute Gasteiger partial charge is 0.222 e. The van der Waals surface area contributed by atoms with Crippen LogP contribution in [0.25, 0.3) is 0 Å². The summed E-state index contributed by atoms with van der Waals surface area (Å²) in [6.07, 6.45) is 4.35. The number of aliphatic hydroxyl groups excluding tert-OH is 1. The summed E-state index contributed by atoms with van der Waals surface area (Å²) in [6.45, 7) is 2.60. The van der Waals surface area contributed by atoms with Gasteiger partial charge in [0.2, 0.25) is 5.91 Å². The summed E-state index contributed by atoms with van der Waals surface area (Å²) < 4.78 is 0. The Morgan fingerprint density at radius 2 is 2.32 bits per heavy atom. The van der Waals surface area contributed by atoms with Crippen LogP contribution in [0.1, 0.15) is 36.1 Å². The van der Waals surface area contributed by atoms with Crippen LogP contribution in [0.2, 0.25) is 0 Å². The molecule has 1 aliphatic carbocycles. The molecule has 1 aliphatic rings. The molecule has 1 unspecified atom stereocenters. The van der Waals surface area contributed by atoms with E-state index in [1.165, 1.54) is 10.4 Å². The number of carbonyl (C=O) groups excluding carboxylic acids is 1. The van der Waals surface area contributed by atoms with E-state index in [4.69, 9.17) is 0 Å². The third-order valence-electron chi connectivity index (χ3n) is 3.82. The van der Waals surface area contributed by atoms with Crippen LogP contribution in [0.4, 0.5) is 0 Å². The average Bonchev–Trinajstić information content (AvgIpc) is 3.14. The second-order valence-electron chi connectivity index (χ2n) is 5.56. The molecule has 3 nitrogen and oxygen atoms in total. The molecule has 0 saturated heterocycles. The number of carbonyl (C=O) groups is 1. The average molecular weight is 281 g/mol. The van der Waals surface area contributed by atoms with Gasteiger partial charge in [0.15, 0.2) is 0 Å². The van der Waals surface area contributed by atoms with Gasteiger partial charge < -0.3 is 10.0 Å². The van der Waals surface area contributed by atoms with Gasteiger partial charge in [-0.1, -0.05) is 0 Å². The first-order valence-corrected chi connectivity index (χ1v) is 7.91. The quantitative estimate of drug-likeness (QED) is 0.834. The van der Waals surface area contributed by atoms with Crippen molar-refractivity contribution >= 4 is 17.2 Å². The van der Waals surface area contributed by atoms with E-state index in [1.807, 2.05) is 0 Å². The summed E-state index contributed by atoms with van der Waals surface area (Å²) in [5.74, 6) is 0.581. The van der Waals surface area contributed by atoms with Crippen molar-refractivity contribution in [2.24, 2.45) is 5.92 Å². The van der Waals surface area contributed by atoms with E-state index < -0.39 is 0 Å². The van der Waals surface area contributed by atoms with Gasteiger partial charge in [0.05, 0.1) is 6.10 Å². The van der Waals surface area contributed by atoms with Crippen molar-refractivity contribution in [1.82, 2.24) is 4.90 Å². The van der Waals surface area contributed by atoms with Gasteiger partial charge in [-0.2, -0.15) is 0 Å². The SMILES string of the molecule is Cc1ccsc1CCCC(=O)N(C)CC(O)C1CC1. The first-order valence-electron chi connectivity index (χ1n) is 7.03. The number of amides is 1. The summed E-state index contributed by atoms with van der Waals surface area (Å²) in [5.41, 5.74) is 1.33. The lowest BCUT2D eigenvalue weighted by molar-refractivity contribution is -0.131. The van der Waals surface area contributed by atoms with Crippen molar-refractivity contribution in [2.45, 2.75) is 45.1 Å². The van der Waals surface area contributed by atoms with E-state index in [0.717, 1.165) is 25.7 Å². The Hall–Kier alpha value is -0.870. The molecule has 1 aromatic rings. The van der Waals surface area contributed by atoms with E-state index in [9.17, 15) is 9.90 Å². The standard InChI is InChI=1S/C15H23NO2S/c1-11-8-9-19-14(11)4-3-5-15(18)16(2)10-13(17)12-6-7-12/h8-9,12-13,17H,3-7,10H2,1-2H3. The zero-order valence-corrected chi connectivity index (χ0v) is 12.6. The predicted octanol–water partition coefficient (Wildman–Crippen LogP) is 2.61. The minimum Gasteiger partial charge on any atom is -0.391 e. The van der Waals surface area contributed by atoms with E-state index in [0.29, 0.717) is 18.9 Å². The monoisotopic (exact) mass is 281 g/mol. The fourth-order valence-electron chi connectivity index (χ4n) is 2.26. The molecule has 1 N–H and O–H groups in total. The molecule has 2 rings (SSSR count). The van der Waals surface area contributed by atoms with E-state index in [2.05, 4.69) is 18.4 Å². The fourth-order valence-corrected chi connectivity index (χ4v) is 3.22. The maximum Gasteiger partial charge on any atom is 0.222 e. The van der Waals surface area contributed by atoms with Gasteiger partial charge >= 0.3 is 0 Å². The molecule has 1 heterocycles. The first-order chi connectivity index (χ1) is 9.08. The zero-order valence-electron chi connectivity index (χ0n) is 11.8. The zero-order chi connectivity index (χ0) is 13.8. The van der Waals surface area contributed by atoms with Crippen LogP contribution in [0.15, 0.2) is 11.4 Å². The van der Waals surface area contributed by atoms with Crippen LogP contribution in [0.3, 0.4) is 0 Å². The first kappa shape index (κ1) is 14.5. The molecule has 0 spiro atoms. The van der Waals surface area contributed by atoms with Gasteiger partial charge in [0.25, 0.3) is 0 Å². The second-order valence-corrected chi connectivity index (χ2v) is 6.56. The van der Waals surface area contributed by atoms with Gasteiger partial charge in [-0.05, 0) is 55.5 Å². The molecular weight excluding hydrogens is 258 g/mol. The van der Waals surface area contributed by atoms with Crippen molar-refractivity contribution < 1.29 is 9.90 Å². The normalized spacial score (nSPS) is 16.4. The van der Waals surface area contributed by atoms with Crippen molar-refractivity contribution in [2.75, 3.05) is 13.6 Å². The Morgan fingerprint density at radius 3 is 2.89 bits per heavy atom. The Balaban J connectivity index is 1.67. The summed E-state index contributed by atoms with van der Waals surface area (Å²) in [5, 5.41) is 11.9. The van der Waals surface area contributed by atoms with E-state index >= 15 is 0 Å². The van der Waals surface area contributed by atoms with Crippen LogP contribution in [-0.2, 0) is 11.2 Å². The molecule has 19 heavy (non-hydrogen) atoms. The number of rotatable bonds is 7. The molecule has 0 aliphatic heterocycles. The Labute approximate surface area is 119 Å². The third kappa shape index (κ3) is 4.32. The van der Waals surface area contributed by atoms with Gasteiger partial charge in [-0.3, -0.25) is 4.79 Å². The fraction of sp³-hybridized carbons (Fsp3) is 0.667. The highest BCUT2D eigenvalue weighted by Crippen LogP contribution is 2.32. The highest BCUT2D eigenvalue weighted by atomic mass is 32.1. The number of hydrogen-bond donors (Lipinski definition) is 1. The van der Waals surface area contributed by atoms with E-state index in [-0.39, 0.29) is 12.0 Å². The molecule has 4 heteroatoms. The molecule has 1 saturated carbocycles. The maximum absolute atomic E-state index is 12.0. The maximum atomic E-state index is 12.0. The van der Waals surface area contributed by atoms with Crippen molar-refractivity contribution in [3.05, 3.63) is 21.9 Å². The number of nitrogens with zero attached hydrogens (tertiary/aromatic N) is 1. The molecule has 1 atom stereocenters. The van der Waals surface area contributed by atoms with E-state index in [1.54, 1.807) is 23.3 Å². The van der Waals surface area contributed by atoms with Crippen molar-refractivity contribution in [3.8, 4) is 0 Å². The Kier molecular flexibility index (Phi) is 4.99. The molecule has 1 aromatic heterocycles. The second kappa shape index (κ2) is 6.53. The predicted molar refractivity (Wildman–Crippen MR) is 78.4 cm³/mol. The minimum absolute atomic E-state index is 0.147. The molecular formula is C15H23NO2S.